The first-order valence-electron chi connectivity index (χ1n) is 4.84. The molecule has 0 rings (SSSR count). The Hall–Kier alpha value is -1.41. The van der Waals surface area contributed by atoms with Crippen LogP contribution in [0.1, 0.15) is 27.7 Å². The average Bonchev–Trinajstić information content (AvgIpc) is 2.30. The maximum atomic E-state index is 8.25. The van der Waals surface area contributed by atoms with Crippen molar-refractivity contribution in [2.75, 3.05) is 0 Å². The minimum atomic E-state index is 0.167. The molecule has 0 saturated heterocycles. The van der Waals surface area contributed by atoms with E-state index in [1.165, 1.54) is 13.8 Å². The summed E-state index contributed by atoms with van der Waals surface area (Å²) in [5, 5.41) is 30.8. The van der Waals surface area contributed by atoms with Gasteiger partial charge in [-0.1, -0.05) is 26.3 Å². The molecule has 20 heavy (non-hydrogen) atoms. The number of rotatable bonds is 2. The van der Waals surface area contributed by atoms with Crippen LogP contribution in [0, 0.1) is 0 Å². The SMILES string of the molecule is C=C(C)O.C=C(C)O.C=C(C)OO.C=C(C)OO.[O]=[Ti]. The van der Waals surface area contributed by atoms with Crippen LogP contribution in [0.15, 0.2) is 49.4 Å². The van der Waals surface area contributed by atoms with Crippen LogP contribution in [0.5, 0.6) is 0 Å². The van der Waals surface area contributed by atoms with E-state index < -0.39 is 0 Å². The second-order valence-corrected chi connectivity index (χ2v) is 3.06. The Morgan fingerprint density at radius 3 is 0.800 bits per heavy atom. The number of aliphatic hydroxyl groups is 2. The Morgan fingerprint density at radius 2 is 0.800 bits per heavy atom. The van der Waals surface area contributed by atoms with Gasteiger partial charge in [0.25, 0.3) is 0 Å². The summed E-state index contributed by atoms with van der Waals surface area (Å²) in [6.07, 6.45) is 0. The van der Waals surface area contributed by atoms with Gasteiger partial charge in [-0.25, -0.2) is 10.5 Å². The summed E-state index contributed by atoms with van der Waals surface area (Å²) in [7, 11) is 0. The number of hydrogen-bond donors (Lipinski definition) is 4. The van der Waals surface area contributed by atoms with Crippen LogP contribution in [-0.2, 0) is 33.5 Å². The molecule has 0 amide bonds. The Bertz CT molecular complexity index is 231. The van der Waals surface area contributed by atoms with Gasteiger partial charge < -0.3 is 20.0 Å². The predicted octanol–water partition coefficient (Wildman–Crippen LogP) is 4.05. The average molecular weight is 328 g/mol. The quantitative estimate of drug-likeness (QED) is 0.261. The van der Waals surface area contributed by atoms with Gasteiger partial charge in [0, 0.05) is 0 Å². The fraction of sp³-hybridized carbons (Fsp3) is 0.333. The van der Waals surface area contributed by atoms with Crippen LogP contribution in [0.4, 0.5) is 0 Å². The molecule has 0 aromatic heterocycles. The van der Waals surface area contributed by atoms with E-state index in [0.717, 1.165) is 20.4 Å². The summed E-state index contributed by atoms with van der Waals surface area (Å²) in [5.74, 6) is 0.954. The molecule has 0 aliphatic rings. The molecule has 0 aromatic carbocycles. The van der Waals surface area contributed by atoms with E-state index >= 15 is 0 Å². The van der Waals surface area contributed by atoms with Crippen LogP contribution >= 0.6 is 0 Å². The van der Waals surface area contributed by atoms with Crippen molar-refractivity contribution in [3.8, 4) is 0 Å². The summed E-state index contributed by atoms with van der Waals surface area (Å²) < 4.78 is 8.25. The van der Waals surface area contributed by atoms with E-state index in [1.807, 2.05) is 0 Å². The van der Waals surface area contributed by atoms with Crippen LogP contribution in [0.2, 0.25) is 0 Å². The summed E-state index contributed by atoms with van der Waals surface area (Å²) >= 11 is 0.750. The molecule has 8 heteroatoms. The molecule has 7 nitrogen and oxygen atoms in total. The van der Waals surface area contributed by atoms with Gasteiger partial charge in [0.1, 0.15) is 11.5 Å². The Morgan fingerprint density at radius 1 is 0.750 bits per heavy atom. The topological polar surface area (TPSA) is 116 Å². The Labute approximate surface area is 131 Å². The van der Waals surface area contributed by atoms with Gasteiger partial charge in [-0.3, -0.25) is 0 Å². The normalized spacial score (nSPS) is 6.05. The van der Waals surface area contributed by atoms with Crippen molar-refractivity contribution in [3.63, 3.8) is 0 Å². The first kappa shape index (κ1) is 31.1. The van der Waals surface area contributed by atoms with Gasteiger partial charge in [0.05, 0.1) is 11.5 Å². The second-order valence-electron chi connectivity index (χ2n) is 3.06. The minimum absolute atomic E-state index is 0.167. The predicted molar refractivity (Wildman–Crippen MR) is 72.6 cm³/mol. The molecular formula is C12H24O7Ti. The van der Waals surface area contributed by atoms with Crippen molar-refractivity contribution >= 4 is 0 Å². The molecule has 0 atom stereocenters. The van der Waals surface area contributed by atoms with Gasteiger partial charge in [-0.2, -0.15) is 0 Å². The van der Waals surface area contributed by atoms with Gasteiger partial charge in [-0.15, -0.1) is 0 Å². The molecular weight excluding hydrogens is 304 g/mol. The van der Waals surface area contributed by atoms with Crippen molar-refractivity contribution in [3.05, 3.63) is 49.4 Å². The molecule has 0 heterocycles. The van der Waals surface area contributed by atoms with E-state index in [9.17, 15) is 0 Å². The summed E-state index contributed by atoms with van der Waals surface area (Å²) in [6, 6.07) is 0. The molecule has 0 bridgehead atoms. The third kappa shape index (κ3) is 600. The van der Waals surface area contributed by atoms with Crippen molar-refractivity contribution < 1.29 is 54.2 Å². The summed E-state index contributed by atoms with van der Waals surface area (Å²) in [4.78, 5) is 7.11. The first-order valence-corrected chi connectivity index (χ1v) is 5.48. The molecule has 0 fully saturated rings. The van der Waals surface area contributed by atoms with Gasteiger partial charge in [0.2, 0.25) is 0 Å². The van der Waals surface area contributed by atoms with Gasteiger partial charge >= 0.3 is 23.7 Å². The number of aliphatic hydroxyl groups excluding tert-OH is 2. The van der Waals surface area contributed by atoms with Crippen molar-refractivity contribution in [2.24, 2.45) is 0 Å². The van der Waals surface area contributed by atoms with Crippen LogP contribution < -0.4 is 0 Å². The Kier molecular flexibility index (Phi) is 47.6. The zero-order chi connectivity index (χ0) is 17.7. The van der Waals surface area contributed by atoms with Crippen LogP contribution in [0.3, 0.4) is 0 Å². The molecule has 0 unspecified atom stereocenters. The fourth-order valence-corrected chi connectivity index (χ4v) is 0. The maximum absolute atomic E-state index is 8.25. The van der Waals surface area contributed by atoms with Crippen molar-refractivity contribution in [1.29, 1.82) is 0 Å². The third-order valence-corrected chi connectivity index (χ3v) is 0.312. The van der Waals surface area contributed by atoms with Crippen molar-refractivity contribution in [2.45, 2.75) is 27.7 Å². The second kappa shape index (κ2) is 30.5. The first-order chi connectivity index (χ1) is 9.00. The monoisotopic (exact) mass is 328 g/mol. The number of hydrogen-bond acceptors (Lipinski definition) is 7. The molecule has 0 aliphatic carbocycles. The molecule has 0 aliphatic heterocycles. The number of allylic oxidation sites excluding steroid dienone is 4. The zero-order valence-electron chi connectivity index (χ0n) is 12.3. The van der Waals surface area contributed by atoms with Gasteiger partial charge in [-0.05, 0) is 27.7 Å². The molecule has 118 valence electrons. The van der Waals surface area contributed by atoms with E-state index in [2.05, 4.69) is 36.1 Å². The van der Waals surface area contributed by atoms with Gasteiger partial charge in [0.15, 0.2) is 0 Å². The van der Waals surface area contributed by atoms with Crippen LogP contribution in [0.25, 0.3) is 0 Å². The van der Waals surface area contributed by atoms with E-state index in [-0.39, 0.29) is 11.5 Å². The summed E-state index contributed by atoms with van der Waals surface area (Å²) in [5.41, 5.74) is 0. The summed E-state index contributed by atoms with van der Waals surface area (Å²) in [6.45, 7) is 18.8. The molecule has 4 N–H and O–H groups in total. The fourth-order valence-electron chi connectivity index (χ4n) is 0. The zero-order valence-corrected chi connectivity index (χ0v) is 13.9. The van der Waals surface area contributed by atoms with Crippen molar-refractivity contribution in [1.82, 2.24) is 0 Å². The molecule has 0 aromatic rings. The molecule has 0 saturated carbocycles. The van der Waals surface area contributed by atoms with E-state index in [0.29, 0.717) is 11.5 Å². The van der Waals surface area contributed by atoms with Crippen LogP contribution in [-0.4, -0.2) is 20.7 Å². The molecule has 0 spiro atoms. The third-order valence-electron chi connectivity index (χ3n) is 0.312. The van der Waals surface area contributed by atoms with E-state index in [1.54, 1.807) is 13.8 Å². The Balaban J connectivity index is -0.0000000482. The van der Waals surface area contributed by atoms with E-state index in [4.69, 9.17) is 24.1 Å². The molecule has 0 radical (unpaired) electrons. The standard InChI is InChI=1S/2C3H6O2.2C3H6O.O.Ti/c2*1-3(2)5-4;2*1-3(2)4;;/h2*4H,1H2,2H3;2*4H,1H2,2H3;;.